The molecule has 0 atom stereocenters. The van der Waals surface area contributed by atoms with E-state index in [9.17, 15) is 13.6 Å². The average molecular weight is 567 g/mol. The van der Waals surface area contributed by atoms with Crippen LogP contribution in [0.5, 0.6) is 0 Å². The maximum absolute atomic E-state index is 14.6. The number of hydrogen-bond donors (Lipinski definition) is 2. The number of nitrogens with one attached hydrogen (secondary N) is 2. The molecule has 1 aromatic carbocycles. The van der Waals surface area contributed by atoms with Crippen LogP contribution in [0.4, 0.5) is 26.4 Å². The number of para-hydroxylation sites is 1. The number of carbonyl (C=O) groups excluding carboxylic acids is 1. The van der Waals surface area contributed by atoms with E-state index < -0.39 is 11.6 Å². The van der Waals surface area contributed by atoms with Crippen LogP contribution in [0.3, 0.4) is 0 Å². The summed E-state index contributed by atoms with van der Waals surface area (Å²) in [7, 11) is 2.08. The number of aromatic nitrogens is 4. The molecule has 0 unspecified atom stereocenters. The molecule has 0 bridgehead atoms. The van der Waals surface area contributed by atoms with E-state index in [2.05, 4.69) is 39.5 Å². The normalized spacial score (nSPS) is 25.8. The van der Waals surface area contributed by atoms with Crippen molar-refractivity contribution in [2.45, 2.75) is 70.4 Å². The number of imidazole rings is 1. The fourth-order valence-electron chi connectivity index (χ4n) is 6.58. The van der Waals surface area contributed by atoms with E-state index in [1.54, 1.807) is 6.20 Å². The third-order valence-electron chi connectivity index (χ3n) is 9.21. The van der Waals surface area contributed by atoms with Gasteiger partial charge in [0.25, 0.3) is 0 Å². The topological polar surface area (TPSA) is 91.2 Å². The standard InChI is InChI=1S/C30H40F2N8O/c1-19-6-10-21(11-7-19)34-29-33-18-25-27(37-29)40(30(35-25)36-26-23(31)4-3-5-24(26)32)22-12-8-20(9-13-22)28(41)39-16-14-38(2)15-17-39/h3-5,18-22H,6-17H2,1-2H3,(H,35,36)(H,33,34,37). The van der Waals surface area contributed by atoms with Crippen LogP contribution >= 0.6 is 0 Å². The fourth-order valence-corrected chi connectivity index (χ4v) is 6.58. The van der Waals surface area contributed by atoms with Crippen LogP contribution in [0.25, 0.3) is 11.2 Å². The Morgan fingerprint density at radius 2 is 1.61 bits per heavy atom. The number of fused-ring (bicyclic) bond motifs is 1. The van der Waals surface area contributed by atoms with Crippen molar-refractivity contribution in [2.75, 3.05) is 43.9 Å². The maximum atomic E-state index is 14.6. The number of carbonyl (C=O) groups is 1. The molecular weight excluding hydrogens is 526 g/mol. The Labute approximate surface area is 239 Å². The molecule has 6 rings (SSSR count). The van der Waals surface area contributed by atoms with Gasteiger partial charge >= 0.3 is 0 Å². The Morgan fingerprint density at radius 3 is 2.29 bits per heavy atom. The van der Waals surface area contributed by atoms with Gasteiger partial charge in [-0.15, -0.1) is 0 Å². The molecule has 3 fully saturated rings. The number of halogens is 2. The van der Waals surface area contributed by atoms with Crippen molar-refractivity contribution in [3.05, 3.63) is 36.0 Å². The number of hydrogen-bond acceptors (Lipinski definition) is 7. The quantitative estimate of drug-likeness (QED) is 0.416. The molecule has 41 heavy (non-hydrogen) atoms. The summed E-state index contributed by atoms with van der Waals surface area (Å²) in [4.78, 5) is 31.6. The van der Waals surface area contributed by atoms with Gasteiger partial charge in [-0.1, -0.05) is 13.0 Å². The molecule has 2 aliphatic carbocycles. The van der Waals surface area contributed by atoms with Crippen LogP contribution in [0.2, 0.25) is 0 Å². The summed E-state index contributed by atoms with van der Waals surface area (Å²) < 4.78 is 31.2. The molecule has 2 aromatic heterocycles. The van der Waals surface area contributed by atoms with E-state index in [-0.39, 0.29) is 23.6 Å². The first-order chi connectivity index (χ1) is 19.9. The van der Waals surface area contributed by atoms with Gasteiger partial charge in [0.15, 0.2) is 5.65 Å². The van der Waals surface area contributed by atoms with Crippen LogP contribution in [0, 0.1) is 23.5 Å². The lowest BCUT2D eigenvalue weighted by molar-refractivity contribution is -0.138. The molecular formula is C30H40F2N8O. The van der Waals surface area contributed by atoms with Crippen LogP contribution in [0.1, 0.15) is 64.3 Å². The number of likely N-dealkylation sites (N-methyl/N-ethyl adjacent to an activating group) is 1. The minimum absolute atomic E-state index is 0.00888. The van der Waals surface area contributed by atoms with Gasteiger partial charge in [-0.05, 0) is 76.5 Å². The molecule has 3 aliphatic rings. The molecule has 1 saturated heterocycles. The van der Waals surface area contributed by atoms with Gasteiger partial charge in [0.05, 0.1) is 6.20 Å². The van der Waals surface area contributed by atoms with Crippen molar-refractivity contribution in [3.8, 4) is 0 Å². The number of rotatable bonds is 6. The number of piperazine rings is 1. The van der Waals surface area contributed by atoms with E-state index in [4.69, 9.17) is 4.98 Å². The Hall–Kier alpha value is -3.34. The molecule has 3 aromatic rings. The Balaban J connectivity index is 1.26. The summed E-state index contributed by atoms with van der Waals surface area (Å²) in [6, 6.07) is 4.08. The molecule has 9 nitrogen and oxygen atoms in total. The van der Waals surface area contributed by atoms with E-state index in [0.717, 1.165) is 70.6 Å². The van der Waals surface area contributed by atoms with Crippen LogP contribution in [-0.2, 0) is 4.79 Å². The Morgan fingerprint density at radius 1 is 0.927 bits per heavy atom. The van der Waals surface area contributed by atoms with Crippen LogP contribution in [-0.4, -0.2) is 74.5 Å². The second kappa shape index (κ2) is 11.9. The molecule has 0 radical (unpaired) electrons. The lowest BCUT2D eigenvalue weighted by atomic mass is 9.85. The molecule has 3 heterocycles. The number of anilines is 3. The zero-order chi connectivity index (χ0) is 28.5. The monoisotopic (exact) mass is 566 g/mol. The third kappa shape index (κ3) is 6.00. The number of nitrogens with zero attached hydrogens (tertiary/aromatic N) is 6. The maximum Gasteiger partial charge on any atom is 0.225 e. The molecule has 2 saturated carbocycles. The summed E-state index contributed by atoms with van der Waals surface area (Å²) in [5, 5.41) is 6.43. The summed E-state index contributed by atoms with van der Waals surface area (Å²) in [6.45, 7) is 5.64. The van der Waals surface area contributed by atoms with Crippen LogP contribution in [0.15, 0.2) is 24.4 Å². The van der Waals surface area contributed by atoms with Gasteiger partial charge in [-0.25, -0.2) is 18.7 Å². The Bertz CT molecular complexity index is 1350. The minimum atomic E-state index is -0.690. The number of amides is 1. The summed E-state index contributed by atoms with van der Waals surface area (Å²) >= 11 is 0. The predicted molar refractivity (Wildman–Crippen MR) is 155 cm³/mol. The molecule has 2 N–H and O–H groups in total. The zero-order valence-corrected chi connectivity index (χ0v) is 24.0. The lowest BCUT2D eigenvalue weighted by Crippen LogP contribution is -2.49. The van der Waals surface area contributed by atoms with Gasteiger partial charge in [-0.3, -0.25) is 9.36 Å². The molecule has 220 valence electrons. The van der Waals surface area contributed by atoms with Crippen molar-refractivity contribution in [1.29, 1.82) is 0 Å². The minimum Gasteiger partial charge on any atom is -0.351 e. The van der Waals surface area contributed by atoms with Gasteiger partial charge in [0.2, 0.25) is 17.8 Å². The van der Waals surface area contributed by atoms with E-state index in [0.29, 0.717) is 29.1 Å². The van der Waals surface area contributed by atoms with Gasteiger partial charge < -0.3 is 20.4 Å². The molecule has 0 spiro atoms. The summed E-state index contributed by atoms with van der Waals surface area (Å²) in [6.07, 6.45) is 9.18. The van der Waals surface area contributed by atoms with Gasteiger partial charge in [-0.2, -0.15) is 4.98 Å². The molecule has 1 aliphatic heterocycles. The highest BCUT2D eigenvalue weighted by Gasteiger charge is 2.33. The first-order valence-corrected chi connectivity index (χ1v) is 15.1. The Kier molecular flexibility index (Phi) is 8.05. The molecule has 1 amide bonds. The van der Waals surface area contributed by atoms with E-state index in [1.807, 2.05) is 9.47 Å². The first kappa shape index (κ1) is 27.8. The van der Waals surface area contributed by atoms with Crippen molar-refractivity contribution in [2.24, 2.45) is 11.8 Å². The predicted octanol–water partition coefficient (Wildman–Crippen LogP) is 5.34. The smallest absolute Gasteiger partial charge is 0.225 e. The van der Waals surface area contributed by atoms with Crippen LogP contribution < -0.4 is 10.6 Å². The second-order valence-electron chi connectivity index (χ2n) is 12.2. The fraction of sp³-hybridized carbons (Fsp3) is 0.600. The van der Waals surface area contributed by atoms with Crippen molar-refractivity contribution in [3.63, 3.8) is 0 Å². The van der Waals surface area contributed by atoms with Gasteiger partial charge in [0.1, 0.15) is 22.8 Å². The van der Waals surface area contributed by atoms with Crippen molar-refractivity contribution >= 4 is 34.7 Å². The highest BCUT2D eigenvalue weighted by molar-refractivity contribution is 5.79. The largest absolute Gasteiger partial charge is 0.351 e. The average Bonchev–Trinajstić information content (AvgIpc) is 3.33. The van der Waals surface area contributed by atoms with Crippen molar-refractivity contribution in [1.82, 2.24) is 29.3 Å². The van der Waals surface area contributed by atoms with E-state index >= 15 is 0 Å². The van der Waals surface area contributed by atoms with Crippen molar-refractivity contribution < 1.29 is 13.6 Å². The SMILES string of the molecule is CC1CCC(Nc2ncc3nc(Nc4c(F)cccc4F)n(C4CCC(C(=O)N5CCN(C)CC5)CC4)c3n2)CC1. The highest BCUT2D eigenvalue weighted by atomic mass is 19.1. The number of benzene rings is 1. The highest BCUT2D eigenvalue weighted by Crippen LogP contribution is 2.38. The van der Waals surface area contributed by atoms with Gasteiger partial charge in [0, 0.05) is 44.2 Å². The second-order valence-corrected chi connectivity index (χ2v) is 12.2. The zero-order valence-electron chi connectivity index (χ0n) is 24.0. The summed E-state index contributed by atoms with van der Waals surface area (Å²) in [5.74, 6) is 0.468. The molecule has 11 heteroatoms. The third-order valence-corrected chi connectivity index (χ3v) is 9.21. The first-order valence-electron chi connectivity index (χ1n) is 15.1. The lowest BCUT2D eigenvalue weighted by Gasteiger charge is -2.37. The summed E-state index contributed by atoms with van der Waals surface area (Å²) in [5.41, 5.74) is 0.938. The van der Waals surface area contributed by atoms with E-state index in [1.165, 1.54) is 31.0 Å².